The van der Waals surface area contributed by atoms with E-state index in [1.54, 1.807) is 0 Å². The fourth-order valence-electron chi connectivity index (χ4n) is 3.52. The quantitative estimate of drug-likeness (QED) is 0.732. The van der Waals surface area contributed by atoms with Crippen LogP contribution in [0.3, 0.4) is 0 Å². The zero-order valence-corrected chi connectivity index (χ0v) is 13.9. The van der Waals surface area contributed by atoms with E-state index in [1.165, 1.54) is 5.56 Å². The van der Waals surface area contributed by atoms with Crippen LogP contribution in [-0.4, -0.2) is 43.0 Å². The molecule has 6 nitrogen and oxygen atoms in total. The molecule has 0 amide bonds. The number of ether oxygens (including phenoxy) is 2. The molecule has 2 aromatic carbocycles. The number of hydrogen-bond donors (Lipinski definition) is 0. The first-order valence-electron chi connectivity index (χ1n) is 8.57. The molecule has 0 bridgehead atoms. The first kappa shape index (κ1) is 14.6. The van der Waals surface area contributed by atoms with E-state index >= 15 is 0 Å². The second-order valence-electron chi connectivity index (χ2n) is 6.45. The van der Waals surface area contributed by atoms with Crippen molar-refractivity contribution in [3.63, 3.8) is 0 Å². The fraction of sp³-hybridized carbons (Fsp3) is 0.316. The van der Waals surface area contributed by atoms with Crippen LogP contribution in [0.25, 0.3) is 11.0 Å². The van der Waals surface area contributed by atoms with Crippen molar-refractivity contribution in [3.05, 3.63) is 48.0 Å². The molecule has 0 spiro atoms. The zero-order valence-electron chi connectivity index (χ0n) is 13.9. The summed E-state index contributed by atoms with van der Waals surface area (Å²) in [6.07, 6.45) is 0. The Morgan fingerprint density at radius 2 is 1.76 bits per heavy atom. The number of anilines is 1. The molecule has 0 saturated carbocycles. The standard InChI is InChI=1S/C19H19N3O3/c1-2-4-16-15(3-1)19(20-25-16)22-9-7-21(8-10-22)12-14-5-6-17-18(11-14)24-13-23-17/h1-6,11H,7-10,12-13H2. The molecule has 6 heteroatoms. The normalized spacial score (nSPS) is 17.4. The van der Waals surface area contributed by atoms with Gasteiger partial charge >= 0.3 is 0 Å². The summed E-state index contributed by atoms with van der Waals surface area (Å²) in [5, 5.41) is 5.36. The van der Waals surface area contributed by atoms with E-state index < -0.39 is 0 Å². The Kier molecular flexibility index (Phi) is 3.48. The summed E-state index contributed by atoms with van der Waals surface area (Å²) >= 11 is 0. The molecular formula is C19H19N3O3. The van der Waals surface area contributed by atoms with Crippen LogP contribution in [-0.2, 0) is 6.54 Å². The summed E-state index contributed by atoms with van der Waals surface area (Å²) in [4.78, 5) is 4.76. The minimum Gasteiger partial charge on any atom is -0.454 e. The highest BCUT2D eigenvalue weighted by Crippen LogP contribution is 2.33. The van der Waals surface area contributed by atoms with E-state index in [-0.39, 0.29) is 0 Å². The molecule has 1 saturated heterocycles. The minimum absolute atomic E-state index is 0.323. The van der Waals surface area contributed by atoms with Gasteiger partial charge in [0.2, 0.25) is 6.79 Å². The van der Waals surface area contributed by atoms with Crippen LogP contribution in [0, 0.1) is 0 Å². The number of nitrogens with zero attached hydrogens (tertiary/aromatic N) is 3. The van der Waals surface area contributed by atoms with Crippen LogP contribution in [0.1, 0.15) is 5.56 Å². The first-order valence-corrected chi connectivity index (χ1v) is 8.57. The summed E-state index contributed by atoms with van der Waals surface area (Å²) in [6, 6.07) is 14.2. The van der Waals surface area contributed by atoms with Gasteiger partial charge in [-0.1, -0.05) is 23.4 Å². The van der Waals surface area contributed by atoms with E-state index in [2.05, 4.69) is 33.2 Å². The van der Waals surface area contributed by atoms with E-state index in [4.69, 9.17) is 14.0 Å². The van der Waals surface area contributed by atoms with Crippen molar-refractivity contribution in [2.24, 2.45) is 0 Å². The third-order valence-electron chi connectivity index (χ3n) is 4.87. The molecule has 0 N–H and O–H groups in total. The molecule has 128 valence electrons. The Morgan fingerprint density at radius 1 is 0.920 bits per heavy atom. The molecule has 0 aliphatic carbocycles. The SMILES string of the molecule is c1ccc2c(N3CCN(Cc4ccc5c(c4)OCO5)CC3)noc2c1. The maximum atomic E-state index is 5.47. The van der Waals surface area contributed by atoms with Crippen molar-refractivity contribution in [2.75, 3.05) is 37.9 Å². The maximum Gasteiger partial charge on any atom is 0.231 e. The van der Waals surface area contributed by atoms with Crippen molar-refractivity contribution in [1.82, 2.24) is 10.1 Å². The lowest BCUT2D eigenvalue weighted by molar-refractivity contribution is 0.174. The van der Waals surface area contributed by atoms with Crippen LogP contribution < -0.4 is 14.4 Å². The molecule has 25 heavy (non-hydrogen) atoms. The number of rotatable bonds is 3. The van der Waals surface area contributed by atoms with Crippen molar-refractivity contribution in [1.29, 1.82) is 0 Å². The molecule has 2 aliphatic heterocycles. The van der Waals surface area contributed by atoms with Crippen LogP contribution in [0.5, 0.6) is 11.5 Å². The summed E-state index contributed by atoms with van der Waals surface area (Å²) in [5.41, 5.74) is 2.10. The smallest absolute Gasteiger partial charge is 0.231 e. The lowest BCUT2D eigenvalue weighted by Gasteiger charge is -2.34. The Hall–Kier alpha value is -2.73. The largest absolute Gasteiger partial charge is 0.454 e. The van der Waals surface area contributed by atoms with Gasteiger partial charge in [0.15, 0.2) is 22.9 Å². The number of benzene rings is 2. The number of hydrogen-bond acceptors (Lipinski definition) is 6. The van der Waals surface area contributed by atoms with Gasteiger partial charge < -0.3 is 18.9 Å². The molecular weight excluding hydrogens is 318 g/mol. The number of para-hydroxylation sites is 1. The molecule has 0 unspecified atom stereocenters. The van der Waals surface area contributed by atoms with Crippen molar-refractivity contribution < 1.29 is 14.0 Å². The van der Waals surface area contributed by atoms with Crippen LogP contribution >= 0.6 is 0 Å². The van der Waals surface area contributed by atoms with E-state index in [9.17, 15) is 0 Å². The molecule has 0 radical (unpaired) electrons. The van der Waals surface area contributed by atoms with Gasteiger partial charge in [0, 0.05) is 32.7 Å². The molecule has 3 aromatic rings. The summed E-state index contributed by atoms with van der Waals surface area (Å²) in [6.45, 7) is 5.13. The molecule has 2 aliphatic rings. The average molecular weight is 337 g/mol. The van der Waals surface area contributed by atoms with Crippen LogP contribution in [0.15, 0.2) is 47.0 Å². The van der Waals surface area contributed by atoms with Gasteiger partial charge in [-0.3, -0.25) is 4.90 Å². The monoisotopic (exact) mass is 337 g/mol. The zero-order chi connectivity index (χ0) is 16.6. The molecule has 1 aromatic heterocycles. The Labute approximate surface area is 145 Å². The lowest BCUT2D eigenvalue weighted by atomic mass is 10.1. The van der Waals surface area contributed by atoms with Gasteiger partial charge in [-0.05, 0) is 29.8 Å². The summed E-state index contributed by atoms with van der Waals surface area (Å²) < 4.78 is 16.3. The summed E-state index contributed by atoms with van der Waals surface area (Å²) in [5.74, 6) is 2.65. The molecule has 5 rings (SSSR count). The van der Waals surface area contributed by atoms with E-state index in [1.807, 2.05) is 24.3 Å². The van der Waals surface area contributed by atoms with Crippen LogP contribution in [0.4, 0.5) is 5.82 Å². The second-order valence-corrected chi connectivity index (χ2v) is 6.45. The Bertz CT molecular complexity index is 900. The first-order chi connectivity index (χ1) is 12.4. The number of fused-ring (bicyclic) bond motifs is 2. The second kappa shape index (κ2) is 5.97. The molecule has 1 fully saturated rings. The third-order valence-corrected chi connectivity index (χ3v) is 4.87. The van der Waals surface area contributed by atoms with Gasteiger partial charge in [-0.25, -0.2) is 0 Å². The number of piperazine rings is 1. The molecule has 0 atom stereocenters. The predicted octanol–water partition coefficient (Wildman–Crippen LogP) is 2.88. The van der Waals surface area contributed by atoms with E-state index in [0.717, 1.165) is 61.0 Å². The van der Waals surface area contributed by atoms with Gasteiger partial charge in [-0.15, -0.1) is 0 Å². The predicted molar refractivity (Wildman–Crippen MR) is 94.1 cm³/mol. The number of aromatic nitrogens is 1. The van der Waals surface area contributed by atoms with Crippen molar-refractivity contribution in [3.8, 4) is 11.5 Å². The summed E-state index contributed by atoms with van der Waals surface area (Å²) in [7, 11) is 0. The average Bonchev–Trinajstić information content (AvgIpc) is 3.29. The maximum absolute atomic E-state index is 5.47. The highest BCUT2D eigenvalue weighted by molar-refractivity contribution is 5.88. The Morgan fingerprint density at radius 3 is 2.68 bits per heavy atom. The lowest BCUT2D eigenvalue weighted by Crippen LogP contribution is -2.46. The van der Waals surface area contributed by atoms with Gasteiger partial charge in [0.1, 0.15) is 0 Å². The van der Waals surface area contributed by atoms with Gasteiger partial charge in [-0.2, -0.15) is 0 Å². The fourth-order valence-corrected chi connectivity index (χ4v) is 3.52. The van der Waals surface area contributed by atoms with Crippen LogP contribution in [0.2, 0.25) is 0 Å². The highest BCUT2D eigenvalue weighted by atomic mass is 16.7. The van der Waals surface area contributed by atoms with Gasteiger partial charge in [0.05, 0.1) is 5.39 Å². The molecule has 3 heterocycles. The Balaban J connectivity index is 1.25. The van der Waals surface area contributed by atoms with Crippen molar-refractivity contribution in [2.45, 2.75) is 6.54 Å². The topological polar surface area (TPSA) is 51.0 Å². The highest BCUT2D eigenvalue weighted by Gasteiger charge is 2.22. The third kappa shape index (κ3) is 2.68. The van der Waals surface area contributed by atoms with E-state index in [0.29, 0.717) is 6.79 Å². The van der Waals surface area contributed by atoms with Gasteiger partial charge in [0.25, 0.3) is 0 Å². The van der Waals surface area contributed by atoms with Crippen molar-refractivity contribution >= 4 is 16.8 Å². The minimum atomic E-state index is 0.323.